The molecule has 1 aromatic carbocycles. The van der Waals surface area contributed by atoms with Crippen LogP contribution in [0.4, 0.5) is 0 Å². The Morgan fingerprint density at radius 3 is 2.41 bits per heavy atom. The normalized spacial score (nSPS) is 16.8. The molecule has 7 heteroatoms. The number of nitrogens with two attached hydrogens (primary N) is 1. The summed E-state index contributed by atoms with van der Waals surface area (Å²) in [5.41, 5.74) is 6.32. The van der Waals surface area contributed by atoms with E-state index in [1.165, 1.54) is 21.1 Å². The summed E-state index contributed by atoms with van der Waals surface area (Å²) >= 11 is 0. The van der Waals surface area contributed by atoms with Crippen LogP contribution in [0.15, 0.2) is 29.5 Å². The molecular weight excluding hydrogens is 348 g/mol. The van der Waals surface area contributed by atoms with E-state index >= 15 is 0 Å². The van der Waals surface area contributed by atoms with E-state index < -0.39 is 17.7 Å². The molecule has 0 bridgehead atoms. The smallest absolute Gasteiger partial charge is 0.290 e. The number of aliphatic hydroxyl groups is 1. The van der Waals surface area contributed by atoms with Gasteiger partial charge in [0.05, 0.1) is 25.8 Å². The Morgan fingerprint density at radius 1 is 1.15 bits per heavy atom. The third-order valence-corrected chi connectivity index (χ3v) is 4.76. The van der Waals surface area contributed by atoms with E-state index in [1.807, 2.05) is 0 Å². The third-order valence-electron chi connectivity index (χ3n) is 4.76. The van der Waals surface area contributed by atoms with E-state index in [9.17, 15) is 14.7 Å². The van der Waals surface area contributed by atoms with Gasteiger partial charge in [0.25, 0.3) is 5.91 Å². The number of methoxy groups -OCH3 is 2. The molecule has 0 radical (unpaired) electrons. The number of rotatable bonds is 10. The summed E-state index contributed by atoms with van der Waals surface area (Å²) in [4.78, 5) is 26.3. The highest BCUT2D eigenvalue weighted by atomic mass is 16.5. The van der Waals surface area contributed by atoms with Crippen LogP contribution in [0, 0.1) is 0 Å². The number of amides is 1. The fourth-order valence-electron chi connectivity index (χ4n) is 3.39. The SMILES string of the molecule is COc1ccc(C2C(C(C)=O)=C(O)C(=O)N2CCCCCCN)cc1OC. The van der Waals surface area contributed by atoms with Gasteiger partial charge in [-0.15, -0.1) is 0 Å². The number of carbonyl (C=O) groups excluding carboxylic acids is 2. The first kappa shape index (κ1) is 20.8. The van der Waals surface area contributed by atoms with Gasteiger partial charge in [-0.1, -0.05) is 18.9 Å². The first-order valence-electron chi connectivity index (χ1n) is 9.13. The number of Topliss-reactive ketones (excluding diaryl/α,β-unsaturated/α-hetero) is 1. The van der Waals surface area contributed by atoms with Gasteiger partial charge in [0.2, 0.25) is 0 Å². The second-order valence-electron chi connectivity index (χ2n) is 6.54. The predicted octanol–water partition coefficient (Wildman–Crippen LogP) is 2.51. The molecule has 3 N–H and O–H groups in total. The fourth-order valence-corrected chi connectivity index (χ4v) is 3.39. The second kappa shape index (κ2) is 9.41. The van der Waals surface area contributed by atoms with Crippen LogP contribution in [0.2, 0.25) is 0 Å². The zero-order valence-electron chi connectivity index (χ0n) is 16.2. The van der Waals surface area contributed by atoms with Crippen molar-refractivity contribution in [3.05, 3.63) is 35.1 Å². The van der Waals surface area contributed by atoms with Gasteiger partial charge in [-0.05, 0) is 44.0 Å². The third kappa shape index (κ3) is 4.42. The van der Waals surface area contributed by atoms with Gasteiger partial charge in [-0.3, -0.25) is 9.59 Å². The summed E-state index contributed by atoms with van der Waals surface area (Å²) in [5.74, 6) is -0.259. The quantitative estimate of drug-likeness (QED) is 0.608. The van der Waals surface area contributed by atoms with Crippen LogP contribution in [0.3, 0.4) is 0 Å². The highest BCUT2D eigenvalue weighted by Gasteiger charge is 2.42. The molecule has 148 valence electrons. The average Bonchev–Trinajstić information content (AvgIpc) is 2.92. The molecule has 1 aliphatic rings. The maximum Gasteiger partial charge on any atom is 0.290 e. The van der Waals surface area contributed by atoms with E-state index in [0.717, 1.165) is 25.7 Å². The summed E-state index contributed by atoms with van der Waals surface area (Å²) < 4.78 is 10.6. The number of unbranched alkanes of at least 4 members (excludes halogenated alkanes) is 3. The summed E-state index contributed by atoms with van der Waals surface area (Å²) in [5, 5.41) is 10.3. The van der Waals surface area contributed by atoms with Crippen molar-refractivity contribution in [3.8, 4) is 11.5 Å². The molecule has 1 atom stereocenters. The predicted molar refractivity (Wildman–Crippen MR) is 102 cm³/mol. The van der Waals surface area contributed by atoms with Crippen LogP contribution in [-0.4, -0.2) is 49.0 Å². The van der Waals surface area contributed by atoms with Crippen molar-refractivity contribution in [2.24, 2.45) is 5.73 Å². The second-order valence-corrected chi connectivity index (χ2v) is 6.54. The molecule has 0 aliphatic carbocycles. The van der Waals surface area contributed by atoms with E-state index in [1.54, 1.807) is 23.1 Å². The van der Waals surface area contributed by atoms with E-state index in [4.69, 9.17) is 15.2 Å². The Balaban J connectivity index is 2.34. The van der Waals surface area contributed by atoms with E-state index in [0.29, 0.717) is 30.2 Å². The minimum Gasteiger partial charge on any atom is -0.503 e. The minimum absolute atomic E-state index is 0.120. The monoisotopic (exact) mass is 376 g/mol. The number of hydrogen-bond acceptors (Lipinski definition) is 6. The molecule has 1 amide bonds. The maximum atomic E-state index is 12.6. The molecule has 1 unspecified atom stereocenters. The van der Waals surface area contributed by atoms with Crippen molar-refractivity contribution < 1.29 is 24.2 Å². The minimum atomic E-state index is -0.635. The first-order chi connectivity index (χ1) is 13.0. The zero-order chi connectivity index (χ0) is 20.0. The molecule has 0 saturated carbocycles. The van der Waals surface area contributed by atoms with Gasteiger partial charge in [-0.2, -0.15) is 0 Å². The Kier molecular flexibility index (Phi) is 7.24. The lowest BCUT2D eigenvalue weighted by atomic mass is 9.96. The van der Waals surface area contributed by atoms with Gasteiger partial charge in [-0.25, -0.2) is 0 Å². The zero-order valence-corrected chi connectivity index (χ0v) is 16.2. The Bertz CT molecular complexity index is 729. The van der Waals surface area contributed by atoms with Crippen LogP contribution >= 0.6 is 0 Å². The van der Waals surface area contributed by atoms with Crippen LogP contribution in [-0.2, 0) is 9.59 Å². The Labute approximate surface area is 159 Å². The van der Waals surface area contributed by atoms with Gasteiger partial charge in [0, 0.05) is 6.54 Å². The standard InChI is InChI=1S/C20H28N2O5/c1-13(23)17-18(14-8-9-15(26-2)16(12-14)27-3)22(20(25)19(17)24)11-7-5-4-6-10-21/h8-9,12,18,24H,4-7,10-11,21H2,1-3H3. The summed E-state index contributed by atoms with van der Waals surface area (Å²) in [6.45, 7) is 2.45. The molecule has 1 aliphatic heterocycles. The van der Waals surface area contributed by atoms with Gasteiger partial charge >= 0.3 is 0 Å². The molecule has 27 heavy (non-hydrogen) atoms. The number of aliphatic hydroxyl groups excluding tert-OH is 1. The average molecular weight is 376 g/mol. The molecule has 1 heterocycles. The number of nitrogens with zero attached hydrogens (tertiary/aromatic N) is 1. The summed E-state index contributed by atoms with van der Waals surface area (Å²) in [6.07, 6.45) is 3.62. The Hall–Kier alpha value is -2.54. The molecule has 7 nitrogen and oxygen atoms in total. The number of hydrogen-bond donors (Lipinski definition) is 2. The highest BCUT2D eigenvalue weighted by Crippen LogP contribution is 2.40. The van der Waals surface area contributed by atoms with Crippen molar-refractivity contribution >= 4 is 11.7 Å². The van der Waals surface area contributed by atoms with E-state index in [2.05, 4.69) is 0 Å². The summed E-state index contributed by atoms with van der Waals surface area (Å²) in [7, 11) is 3.06. The van der Waals surface area contributed by atoms with Crippen molar-refractivity contribution in [1.82, 2.24) is 4.90 Å². The van der Waals surface area contributed by atoms with E-state index in [-0.39, 0.29) is 11.4 Å². The summed E-state index contributed by atoms with van der Waals surface area (Å²) in [6, 6.07) is 4.61. The first-order valence-corrected chi connectivity index (χ1v) is 9.13. The highest BCUT2D eigenvalue weighted by molar-refractivity contribution is 6.08. The van der Waals surface area contributed by atoms with Gasteiger partial charge in [0.1, 0.15) is 0 Å². The molecule has 2 rings (SSSR count). The largest absolute Gasteiger partial charge is 0.503 e. The van der Waals surface area contributed by atoms with Crippen molar-refractivity contribution in [3.63, 3.8) is 0 Å². The number of ether oxygens (including phenoxy) is 2. The number of benzene rings is 1. The van der Waals surface area contributed by atoms with Gasteiger partial charge < -0.3 is 25.2 Å². The molecule has 1 aromatic rings. The Morgan fingerprint density at radius 2 is 1.81 bits per heavy atom. The molecule has 0 fully saturated rings. The van der Waals surface area contributed by atoms with Crippen molar-refractivity contribution in [2.45, 2.75) is 38.6 Å². The molecule has 0 spiro atoms. The van der Waals surface area contributed by atoms with Crippen LogP contribution < -0.4 is 15.2 Å². The number of carbonyl (C=O) groups is 2. The molecule has 0 saturated heterocycles. The van der Waals surface area contributed by atoms with Crippen molar-refractivity contribution in [1.29, 1.82) is 0 Å². The van der Waals surface area contributed by atoms with Crippen LogP contribution in [0.25, 0.3) is 0 Å². The number of ketones is 1. The molecular formula is C20H28N2O5. The lowest BCUT2D eigenvalue weighted by Gasteiger charge is -2.27. The lowest BCUT2D eigenvalue weighted by molar-refractivity contribution is -0.129. The molecule has 0 aromatic heterocycles. The lowest BCUT2D eigenvalue weighted by Crippen LogP contribution is -2.32. The fraction of sp³-hybridized carbons (Fsp3) is 0.500. The van der Waals surface area contributed by atoms with Crippen LogP contribution in [0.5, 0.6) is 11.5 Å². The van der Waals surface area contributed by atoms with Crippen LogP contribution in [0.1, 0.15) is 44.2 Å². The van der Waals surface area contributed by atoms with Gasteiger partial charge in [0.15, 0.2) is 23.0 Å². The topological polar surface area (TPSA) is 102 Å². The van der Waals surface area contributed by atoms with Crippen molar-refractivity contribution in [2.75, 3.05) is 27.3 Å². The maximum absolute atomic E-state index is 12.6.